The number of carbonyl (C=O) groups is 1. The first-order valence-corrected chi connectivity index (χ1v) is 14.1. The number of hydrogen-bond donors (Lipinski definition) is 0. The molecule has 12 heteroatoms. The zero-order chi connectivity index (χ0) is 30.7. The Morgan fingerprint density at radius 2 is 1.81 bits per heavy atom. The van der Waals surface area contributed by atoms with E-state index in [1.807, 2.05) is 0 Å². The van der Waals surface area contributed by atoms with Gasteiger partial charge in [-0.05, 0) is 54.5 Å². The molecule has 0 N–H and O–H groups in total. The number of fused-ring (bicyclic) bond motifs is 1. The average Bonchev–Trinajstić information content (AvgIpc) is 3.30. The molecule has 1 atom stereocenters. The van der Waals surface area contributed by atoms with Crippen molar-refractivity contribution in [3.05, 3.63) is 131 Å². The van der Waals surface area contributed by atoms with Crippen LogP contribution in [-0.4, -0.2) is 23.3 Å². The zero-order valence-corrected chi connectivity index (χ0v) is 24.0. The number of ether oxygens (including phenoxy) is 2. The van der Waals surface area contributed by atoms with Gasteiger partial charge in [0, 0.05) is 10.6 Å². The molecule has 0 bridgehead atoms. The lowest BCUT2D eigenvalue weighted by Crippen LogP contribution is -2.41. The molecule has 0 fully saturated rings. The van der Waals surface area contributed by atoms with Crippen molar-refractivity contribution in [1.29, 1.82) is 5.26 Å². The fourth-order valence-corrected chi connectivity index (χ4v) is 5.63. The molecule has 1 aliphatic heterocycles. The SMILES string of the molecule is CCOC(=O)C1=C(C(F)(F)F)N=c2s/c(=C\c3ccccc3OCc3ccc(C#N)cc3)c(=O)n2[C@@H]1c1ccc(Cl)cc1. The van der Waals surface area contributed by atoms with Crippen molar-refractivity contribution < 1.29 is 27.4 Å². The second-order valence-electron chi connectivity index (χ2n) is 9.25. The van der Waals surface area contributed by atoms with Crippen LogP contribution < -0.4 is 19.6 Å². The van der Waals surface area contributed by atoms with Gasteiger partial charge in [0.25, 0.3) is 5.56 Å². The van der Waals surface area contributed by atoms with E-state index >= 15 is 0 Å². The number of nitriles is 1. The average molecular weight is 624 g/mol. The van der Waals surface area contributed by atoms with E-state index in [2.05, 4.69) is 11.1 Å². The minimum atomic E-state index is -5.01. The number of hydrogen-bond acceptors (Lipinski definition) is 7. The summed E-state index contributed by atoms with van der Waals surface area (Å²) in [5.74, 6) is -0.801. The van der Waals surface area contributed by atoms with Crippen molar-refractivity contribution in [1.82, 2.24) is 4.57 Å². The summed E-state index contributed by atoms with van der Waals surface area (Å²) in [6, 6.07) is 20.2. The van der Waals surface area contributed by atoms with E-state index in [1.54, 1.807) is 48.5 Å². The Hall–Kier alpha value is -4.66. The Balaban J connectivity index is 1.64. The van der Waals surface area contributed by atoms with E-state index in [-0.39, 0.29) is 28.1 Å². The molecule has 3 aromatic carbocycles. The number of nitrogens with zero attached hydrogens (tertiary/aromatic N) is 3. The monoisotopic (exact) mass is 623 g/mol. The van der Waals surface area contributed by atoms with E-state index in [0.29, 0.717) is 21.9 Å². The van der Waals surface area contributed by atoms with E-state index in [0.717, 1.165) is 21.5 Å². The molecule has 0 radical (unpaired) electrons. The quantitative estimate of drug-likeness (QED) is 0.256. The molecular formula is C31H21ClF3N3O4S. The summed E-state index contributed by atoms with van der Waals surface area (Å²) in [6.07, 6.45) is -3.49. The molecule has 4 aromatic rings. The molecule has 7 nitrogen and oxygen atoms in total. The van der Waals surface area contributed by atoms with Crippen LogP contribution in [0, 0.1) is 11.3 Å². The first-order chi connectivity index (χ1) is 20.6. The van der Waals surface area contributed by atoms with Gasteiger partial charge in [-0.3, -0.25) is 9.36 Å². The summed E-state index contributed by atoms with van der Waals surface area (Å²) in [4.78, 5) is 30.3. The molecule has 0 spiro atoms. The highest BCUT2D eigenvalue weighted by molar-refractivity contribution is 7.07. The number of rotatable bonds is 7. The normalized spacial score (nSPS) is 15.0. The van der Waals surface area contributed by atoms with Crippen molar-refractivity contribution in [2.24, 2.45) is 4.99 Å². The molecule has 0 unspecified atom stereocenters. The Kier molecular flexibility index (Phi) is 8.52. The lowest BCUT2D eigenvalue weighted by molar-refractivity contribution is -0.140. The van der Waals surface area contributed by atoms with Crippen molar-refractivity contribution in [2.75, 3.05) is 6.61 Å². The number of thiazole rings is 1. The molecule has 1 aliphatic rings. The molecule has 5 rings (SSSR count). The first kappa shape index (κ1) is 29.8. The molecule has 0 saturated heterocycles. The number of esters is 1. The van der Waals surface area contributed by atoms with Gasteiger partial charge in [-0.2, -0.15) is 18.4 Å². The lowest BCUT2D eigenvalue weighted by atomic mass is 9.95. The fraction of sp³-hybridized carbons (Fsp3) is 0.161. The highest BCUT2D eigenvalue weighted by Crippen LogP contribution is 2.38. The molecule has 0 saturated carbocycles. The van der Waals surface area contributed by atoms with Gasteiger partial charge in [-0.25, -0.2) is 9.79 Å². The van der Waals surface area contributed by atoms with Gasteiger partial charge in [0.2, 0.25) is 0 Å². The number of para-hydroxylation sites is 1. The van der Waals surface area contributed by atoms with Crippen LogP contribution in [0.25, 0.3) is 6.08 Å². The summed E-state index contributed by atoms with van der Waals surface area (Å²) in [5, 5.41) is 9.33. The third-order valence-corrected chi connectivity index (χ3v) is 7.70. The second-order valence-corrected chi connectivity index (χ2v) is 10.7. The largest absolute Gasteiger partial charge is 0.488 e. The van der Waals surface area contributed by atoms with Gasteiger partial charge < -0.3 is 9.47 Å². The Labute approximate surface area is 252 Å². The summed E-state index contributed by atoms with van der Waals surface area (Å²) < 4.78 is 55.1. The molecule has 43 heavy (non-hydrogen) atoms. The number of carbonyl (C=O) groups excluding carboxylic acids is 1. The summed E-state index contributed by atoms with van der Waals surface area (Å²) in [7, 11) is 0. The van der Waals surface area contributed by atoms with Gasteiger partial charge in [0.1, 0.15) is 12.4 Å². The van der Waals surface area contributed by atoms with Gasteiger partial charge >= 0.3 is 12.1 Å². The van der Waals surface area contributed by atoms with Gasteiger partial charge in [0.15, 0.2) is 10.5 Å². The molecule has 1 aromatic heterocycles. The first-order valence-electron chi connectivity index (χ1n) is 12.9. The van der Waals surface area contributed by atoms with Crippen LogP contribution in [0.5, 0.6) is 5.75 Å². The highest BCUT2D eigenvalue weighted by atomic mass is 35.5. The lowest BCUT2D eigenvalue weighted by Gasteiger charge is -2.26. The maximum absolute atomic E-state index is 14.3. The van der Waals surface area contributed by atoms with E-state index < -0.39 is 35.0 Å². The molecule has 0 amide bonds. The van der Waals surface area contributed by atoms with Crippen LogP contribution in [-0.2, 0) is 16.1 Å². The van der Waals surface area contributed by atoms with Crippen LogP contribution in [0.1, 0.15) is 35.2 Å². The van der Waals surface area contributed by atoms with Gasteiger partial charge in [-0.15, -0.1) is 0 Å². The zero-order valence-electron chi connectivity index (χ0n) is 22.4. The van der Waals surface area contributed by atoms with Crippen LogP contribution in [0.4, 0.5) is 13.2 Å². The topological polar surface area (TPSA) is 93.7 Å². The Morgan fingerprint density at radius 1 is 1.12 bits per heavy atom. The van der Waals surface area contributed by atoms with Crippen LogP contribution >= 0.6 is 22.9 Å². The highest BCUT2D eigenvalue weighted by Gasteiger charge is 2.45. The third-order valence-electron chi connectivity index (χ3n) is 6.46. The maximum Gasteiger partial charge on any atom is 0.434 e. The van der Waals surface area contributed by atoms with Crippen LogP contribution in [0.15, 0.2) is 93.9 Å². The number of benzene rings is 3. The van der Waals surface area contributed by atoms with Crippen LogP contribution in [0.3, 0.4) is 0 Å². The predicted octanol–water partition coefficient (Wildman–Crippen LogP) is 5.44. The van der Waals surface area contributed by atoms with Crippen molar-refractivity contribution >= 4 is 35.0 Å². The molecular weight excluding hydrogens is 603 g/mol. The minimum absolute atomic E-state index is 0.0822. The molecule has 2 heterocycles. The summed E-state index contributed by atoms with van der Waals surface area (Å²) >= 11 is 6.78. The smallest absolute Gasteiger partial charge is 0.434 e. The summed E-state index contributed by atoms with van der Waals surface area (Å²) in [5.41, 5.74) is -0.813. The Morgan fingerprint density at radius 3 is 2.47 bits per heavy atom. The standard InChI is InChI=1S/C31H21ClF3N3O4S/c1-2-41-29(40)25-26(20-11-13-22(32)14-12-20)38-28(39)24(43-30(38)37-27(25)31(33,34)35)15-21-5-3-4-6-23(21)42-17-19-9-7-18(16-36)8-10-19/h3-15,26H,2,17H2,1H3/b24-15-/t26-/m1/s1. The minimum Gasteiger partial charge on any atom is -0.488 e. The number of aromatic nitrogens is 1. The van der Waals surface area contributed by atoms with Gasteiger partial charge in [-0.1, -0.05) is 65.4 Å². The maximum atomic E-state index is 14.3. The Bertz CT molecular complexity index is 1940. The summed E-state index contributed by atoms with van der Waals surface area (Å²) in [6.45, 7) is 1.47. The number of allylic oxidation sites excluding steroid dienone is 1. The molecule has 0 aliphatic carbocycles. The van der Waals surface area contributed by atoms with Crippen molar-refractivity contribution in [3.63, 3.8) is 0 Å². The molecule has 218 valence electrons. The van der Waals surface area contributed by atoms with Crippen molar-refractivity contribution in [2.45, 2.75) is 25.7 Å². The predicted molar refractivity (Wildman–Crippen MR) is 154 cm³/mol. The van der Waals surface area contributed by atoms with E-state index in [4.69, 9.17) is 26.3 Å². The van der Waals surface area contributed by atoms with E-state index in [1.165, 1.54) is 37.3 Å². The van der Waals surface area contributed by atoms with Crippen LogP contribution in [0.2, 0.25) is 5.02 Å². The van der Waals surface area contributed by atoms with E-state index in [9.17, 15) is 22.8 Å². The van der Waals surface area contributed by atoms with Gasteiger partial charge in [0.05, 0.1) is 34.4 Å². The number of alkyl halides is 3. The number of halogens is 4. The van der Waals surface area contributed by atoms with Crippen molar-refractivity contribution in [3.8, 4) is 11.8 Å². The third kappa shape index (κ3) is 6.26. The second kappa shape index (κ2) is 12.3. The fourth-order valence-electron chi connectivity index (χ4n) is 4.51.